The van der Waals surface area contributed by atoms with Crippen LogP contribution in [0.5, 0.6) is 0 Å². The molecule has 1 N–H and O–H groups in total. The Morgan fingerprint density at radius 1 is 1.24 bits per heavy atom. The summed E-state index contributed by atoms with van der Waals surface area (Å²) >= 11 is 1.23. The highest BCUT2D eigenvalue weighted by Gasteiger charge is 2.23. The number of aromatic nitrogens is 3. The monoisotopic (exact) mass is 485 g/mol. The van der Waals surface area contributed by atoms with Gasteiger partial charge in [0, 0.05) is 14.1 Å². The van der Waals surface area contributed by atoms with Gasteiger partial charge < -0.3 is 9.73 Å². The summed E-state index contributed by atoms with van der Waals surface area (Å²) in [5, 5.41) is 11.8. The molecule has 0 radical (unpaired) electrons. The molecule has 0 unspecified atom stereocenters. The molecular formula is C22H23N5O4S2. The Bertz CT molecular complexity index is 1460. The maximum absolute atomic E-state index is 12.7. The topological polar surface area (TPSA) is 110 Å². The summed E-state index contributed by atoms with van der Waals surface area (Å²) in [6.45, 7) is 0. The number of amides is 1. The lowest BCUT2D eigenvalue weighted by molar-refractivity contribution is -0.119. The molecule has 1 atom stereocenters. The lowest BCUT2D eigenvalue weighted by atomic mass is 9.88. The van der Waals surface area contributed by atoms with E-state index in [9.17, 15) is 13.2 Å². The van der Waals surface area contributed by atoms with Crippen LogP contribution in [0, 0.1) is 0 Å². The fourth-order valence-corrected chi connectivity index (χ4v) is 5.79. The van der Waals surface area contributed by atoms with Crippen LogP contribution in [0.4, 0.5) is 0 Å². The predicted octanol–water partition coefficient (Wildman–Crippen LogP) is 3.01. The number of sulfonamides is 1. The molecule has 5 rings (SSSR count). The van der Waals surface area contributed by atoms with Crippen LogP contribution in [0.25, 0.3) is 16.9 Å². The Labute approximate surface area is 195 Å². The van der Waals surface area contributed by atoms with Crippen molar-refractivity contribution in [1.82, 2.24) is 24.2 Å². The molecule has 9 nitrogen and oxygen atoms in total. The van der Waals surface area contributed by atoms with E-state index in [1.807, 2.05) is 12.1 Å². The van der Waals surface area contributed by atoms with Gasteiger partial charge in [-0.25, -0.2) is 17.1 Å². The van der Waals surface area contributed by atoms with Crippen LogP contribution in [0.3, 0.4) is 0 Å². The summed E-state index contributed by atoms with van der Waals surface area (Å²) in [4.78, 5) is 12.9. The Morgan fingerprint density at radius 3 is 2.88 bits per heavy atom. The number of benzene rings is 2. The van der Waals surface area contributed by atoms with Crippen LogP contribution < -0.4 is 5.32 Å². The number of rotatable bonds is 6. The second-order valence-electron chi connectivity index (χ2n) is 8.12. The Hall–Kier alpha value is -2.89. The Morgan fingerprint density at radius 2 is 2.06 bits per heavy atom. The van der Waals surface area contributed by atoms with Gasteiger partial charge >= 0.3 is 5.84 Å². The molecule has 0 aliphatic heterocycles. The average Bonchev–Trinajstić information content (AvgIpc) is 3.36. The summed E-state index contributed by atoms with van der Waals surface area (Å²) in [7, 11) is -0.651. The van der Waals surface area contributed by atoms with Crippen LogP contribution in [0.1, 0.15) is 30.0 Å². The zero-order valence-electron chi connectivity index (χ0n) is 18.2. The molecule has 11 heteroatoms. The van der Waals surface area contributed by atoms with Gasteiger partial charge in [-0.2, -0.15) is 0 Å². The second-order valence-corrected chi connectivity index (χ2v) is 11.2. The highest BCUT2D eigenvalue weighted by Crippen LogP contribution is 2.30. The van der Waals surface area contributed by atoms with Crippen LogP contribution >= 0.6 is 11.8 Å². The van der Waals surface area contributed by atoms with E-state index in [4.69, 9.17) is 4.42 Å². The van der Waals surface area contributed by atoms with E-state index in [0.29, 0.717) is 16.3 Å². The van der Waals surface area contributed by atoms with Gasteiger partial charge in [-0.3, -0.25) is 4.79 Å². The van der Waals surface area contributed by atoms with E-state index in [1.54, 1.807) is 10.5 Å². The van der Waals surface area contributed by atoms with Crippen molar-refractivity contribution in [2.24, 2.45) is 0 Å². The van der Waals surface area contributed by atoms with Crippen molar-refractivity contribution >= 4 is 44.6 Å². The highest BCUT2D eigenvalue weighted by atomic mass is 32.2. The molecule has 0 saturated carbocycles. The third-order valence-electron chi connectivity index (χ3n) is 5.79. The molecule has 0 bridgehead atoms. The van der Waals surface area contributed by atoms with E-state index in [2.05, 4.69) is 27.6 Å². The fourth-order valence-electron chi connectivity index (χ4n) is 4.12. The zero-order chi connectivity index (χ0) is 23.2. The van der Waals surface area contributed by atoms with Gasteiger partial charge in [0.1, 0.15) is 0 Å². The smallest absolute Gasteiger partial charge is 0.328 e. The number of oxazole rings is 1. The van der Waals surface area contributed by atoms with E-state index >= 15 is 0 Å². The first kappa shape index (κ1) is 21.9. The Kier molecular flexibility index (Phi) is 5.63. The SMILES string of the molecule is CN(C)S(=O)(=O)c1ccc2oc3nnc(SCC(=O)N[C@@H]4CCCc5ccccc54)n3c2c1. The van der Waals surface area contributed by atoms with Gasteiger partial charge in [0.2, 0.25) is 15.9 Å². The first-order valence-corrected chi connectivity index (χ1v) is 13.0. The lowest BCUT2D eigenvalue weighted by Gasteiger charge is -2.26. The van der Waals surface area contributed by atoms with Crippen molar-refractivity contribution in [2.45, 2.75) is 35.4 Å². The first-order valence-electron chi connectivity index (χ1n) is 10.5. The standard InChI is InChI=1S/C22H23N5O4S2/c1-26(2)33(29,30)15-10-11-19-18(12-15)27-21(31-19)24-25-22(27)32-13-20(28)23-17-9-5-7-14-6-3-4-8-16(14)17/h3-4,6,8,10-12,17H,5,7,9,13H2,1-2H3,(H,23,28)/t17-/m1/s1. The molecule has 1 amide bonds. The van der Waals surface area contributed by atoms with Gasteiger partial charge in [0.15, 0.2) is 10.7 Å². The van der Waals surface area contributed by atoms with Gasteiger partial charge in [0.05, 0.1) is 22.2 Å². The second kappa shape index (κ2) is 8.47. The number of carbonyl (C=O) groups is 1. The highest BCUT2D eigenvalue weighted by molar-refractivity contribution is 7.99. The molecule has 2 aromatic heterocycles. The van der Waals surface area contributed by atoms with Gasteiger partial charge in [-0.15, -0.1) is 5.10 Å². The van der Waals surface area contributed by atoms with Crippen LogP contribution in [-0.4, -0.2) is 53.1 Å². The van der Waals surface area contributed by atoms with Crippen molar-refractivity contribution in [3.63, 3.8) is 0 Å². The van der Waals surface area contributed by atoms with E-state index in [-0.39, 0.29) is 28.4 Å². The minimum absolute atomic E-state index is 0.00928. The van der Waals surface area contributed by atoms with Crippen LogP contribution in [0.15, 0.2) is 56.9 Å². The number of thioether (sulfide) groups is 1. The van der Waals surface area contributed by atoms with Crippen molar-refractivity contribution < 1.29 is 17.6 Å². The Balaban J connectivity index is 1.37. The lowest BCUT2D eigenvalue weighted by Crippen LogP contribution is -2.32. The number of fused-ring (bicyclic) bond motifs is 4. The number of aryl methyl sites for hydroxylation is 1. The first-order chi connectivity index (χ1) is 15.8. The molecule has 1 aliphatic rings. The van der Waals surface area contributed by atoms with E-state index < -0.39 is 10.0 Å². The minimum atomic E-state index is -3.61. The van der Waals surface area contributed by atoms with Gasteiger partial charge in [-0.1, -0.05) is 41.1 Å². The summed E-state index contributed by atoms with van der Waals surface area (Å²) < 4.78 is 33.6. The molecular weight excluding hydrogens is 462 g/mol. The zero-order valence-corrected chi connectivity index (χ0v) is 19.8. The maximum Gasteiger partial charge on any atom is 0.328 e. The number of hydrogen-bond donors (Lipinski definition) is 1. The van der Waals surface area contributed by atoms with Gasteiger partial charge in [-0.05, 0) is 48.6 Å². The molecule has 2 heterocycles. The summed E-state index contributed by atoms with van der Waals surface area (Å²) in [5.74, 6) is 0.303. The van der Waals surface area contributed by atoms with Crippen LogP contribution in [-0.2, 0) is 21.2 Å². The molecule has 4 aromatic rings. The van der Waals surface area contributed by atoms with Crippen LogP contribution in [0.2, 0.25) is 0 Å². The van der Waals surface area contributed by atoms with Crippen molar-refractivity contribution in [3.8, 4) is 0 Å². The predicted molar refractivity (Wildman–Crippen MR) is 125 cm³/mol. The molecule has 0 saturated heterocycles. The molecule has 2 aromatic carbocycles. The number of nitrogens with one attached hydrogen (secondary N) is 1. The van der Waals surface area contributed by atoms with E-state index in [1.165, 1.54) is 49.1 Å². The van der Waals surface area contributed by atoms with Crippen molar-refractivity contribution in [2.75, 3.05) is 19.8 Å². The molecule has 0 fully saturated rings. The quantitative estimate of drug-likeness (QED) is 0.418. The third-order valence-corrected chi connectivity index (χ3v) is 8.53. The number of hydrogen-bond acceptors (Lipinski definition) is 7. The number of nitrogens with zero attached hydrogens (tertiary/aromatic N) is 4. The summed E-state index contributed by atoms with van der Waals surface area (Å²) in [6.07, 6.45) is 2.99. The van der Waals surface area contributed by atoms with Gasteiger partial charge in [0.25, 0.3) is 0 Å². The normalized spacial score (nSPS) is 16.4. The number of carbonyl (C=O) groups excluding carboxylic acids is 1. The molecule has 1 aliphatic carbocycles. The maximum atomic E-state index is 12.7. The molecule has 33 heavy (non-hydrogen) atoms. The van der Waals surface area contributed by atoms with Crippen molar-refractivity contribution in [1.29, 1.82) is 0 Å². The fraction of sp³-hybridized carbons (Fsp3) is 0.318. The average molecular weight is 486 g/mol. The molecule has 0 spiro atoms. The van der Waals surface area contributed by atoms with E-state index in [0.717, 1.165) is 23.6 Å². The largest absolute Gasteiger partial charge is 0.422 e. The summed E-state index contributed by atoms with van der Waals surface area (Å²) in [5.41, 5.74) is 3.49. The third kappa shape index (κ3) is 4.00. The molecule has 172 valence electrons. The minimum Gasteiger partial charge on any atom is -0.422 e. The van der Waals surface area contributed by atoms with Crippen molar-refractivity contribution in [3.05, 3.63) is 53.6 Å². The summed E-state index contributed by atoms with van der Waals surface area (Å²) in [6, 6.07) is 12.9.